The minimum Gasteiger partial charge on any atom is -0.356 e. The van der Waals surface area contributed by atoms with Gasteiger partial charge in [-0.3, -0.25) is 10.3 Å². The van der Waals surface area contributed by atoms with Crippen LogP contribution in [0.2, 0.25) is 0 Å². The summed E-state index contributed by atoms with van der Waals surface area (Å²) in [6.45, 7) is 1.92. The van der Waals surface area contributed by atoms with Crippen LogP contribution in [0.1, 0.15) is 19.3 Å². The lowest BCUT2D eigenvalue weighted by Crippen LogP contribution is -2.34. The highest BCUT2D eigenvalue weighted by Crippen LogP contribution is 2.03. The van der Waals surface area contributed by atoms with Gasteiger partial charge >= 0.3 is 5.96 Å². The zero-order chi connectivity index (χ0) is 8.97. The molecule has 0 saturated carbocycles. The molecule has 0 unspecified atom stereocenters. The average molecular weight is 170 g/mol. The minimum atomic E-state index is 0.0260. The number of piperidine rings is 1. The van der Waals surface area contributed by atoms with E-state index in [9.17, 15) is 0 Å². The molecule has 0 aliphatic carbocycles. The van der Waals surface area contributed by atoms with Crippen molar-refractivity contribution < 1.29 is 4.58 Å². The second kappa shape index (κ2) is 3.94. The van der Waals surface area contributed by atoms with Crippen molar-refractivity contribution in [1.82, 2.24) is 0 Å². The second-order valence-electron chi connectivity index (χ2n) is 2.94. The number of hydrogen-bond acceptors (Lipinski definition) is 0. The van der Waals surface area contributed by atoms with Gasteiger partial charge < -0.3 is 11.5 Å². The third-order valence-corrected chi connectivity index (χ3v) is 1.92. The molecule has 0 aromatic rings. The summed E-state index contributed by atoms with van der Waals surface area (Å²) < 4.78 is 2.00. The van der Waals surface area contributed by atoms with E-state index in [1.165, 1.54) is 19.3 Å². The largest absolute Gasteiger partial charge is 0.388 e. The van der Waals surface area contributed by atoms with Gasteiger partial charge in [0.2, 0.25) is 0 Å². The summed E-state index contributed by atoms with van der Waals surface area (Å²) in [5.74, 6) is 0.466. The Kier molecular flexibility index (Phi) is 2.90. The highest BCUT2D eigenvalue weighted by molar-refractivity contribution is 5.89. The van der Waals surface area contributed by atoms with E-state index >= 15 is 0 Å². The first-order chi connectivity index (χ1) is 5.70. The molecule has 68 valence electrons. The van der Waals surface area contributed by atoms with Gasteiger partial charge in [0.15, 0.2) is 0 Å². The van der Waals surface area contributed by atoms with Gasteiger partial charge in [-0.1, -0.05) is 0 Å². The zero-order valence-electron chi connectivity index (χ0n) is 7.16. The normalized spacial score (nSPS) is 17.2. The molecular weight excluding hydrogens is 154 g/mol. The minimum absolute atomic E-state index is 0.0260. The Labute approximate surface area is 71.9 Å². The fourth-order valence-corrected chi connectivity index (χ4v) is 1.33. The lowest BCUT2D eigenvalue weighted by atomic mass is 10.2. The summed E-state index contributed by atoms with van der Waals surface area (Å²) >= 11 is 0. The zero-order valence-corrected chi connectivity index (χ0v) is 7.16. The van der Waals surface area contributed by atoms with Gasteiger partial charge in [0.05, 0.1) is 13.1 Å². The number of nitrogens with two attached hydrogens (primary N) is 3. The first-order valence-electron chi connectivity index (χ1n) is 4.17. The first kappa shape index (κ1) is 8.83. The number of nitrogens with zero attached hydrogens (tertiary/aromatic N) is 2. The molecule has 1 rings (SSSR count). The van der Waals surface area contributed by atoms with Crippen molar-refractivity contribution in [3.63, 3.8) is 0 Å². The van der Waals surface area contributed by atoms with Crippen molar-refractivity contribution in [3.05, 3.63) is 0 Å². The molecule has 5 nitrogen and oxygen atoms in total. The average Bonchev–Trinajstić information content (AvgIpc) is 2.05. The molecule has 0 bridgehead atoms. The van der Waals surface area contributed by atoms with E-state index in [1.54, 1.807) is 0 Å². The van der Waals surface area contributed by atoms with Gasteiger partial charge in [-0.05, 0) is 24.3 Å². The van der Waals surface area contributed by atoms with Gasteiger partial charge in [-0.15, -0.1) is 0 Å². The molecule has 0 amide bonds. The van der Waals surface area contributed by atoms with Crippen molar-refractivity contribution in [1.29, 1.82) is 0 Å². The van der Waals surface area contributed by atoms with E-state index in [0.717, 1.165) is 13.1 Å². The van der Waals surface area contributed by atoms with E-state index < -0.39 is 0 Å². The van der Waals surface area contributed by atoms with Crippen LogP contribution in [0, 0.1) is 0 Å². The molecular formula is C7H16N5+. The van der Waals surface area contributed by atoms with Crippen LogP contribution in [0.4, 0.5) is 0 Å². The van der Waals surface area contributed by atoms with Crippen LogP contribution in [0.5, 0.6) is 0 Å². The molecule has 5 heteroatoms. The predicted molar refractivity (Wildman–Crippen MR) is 48.8 cm³/mol. The molecule has 0 aromatic carbocycles. The summed E-state index contributed by atoms with van der Waals surface area (Å²) in [7, 11) is 0. The molecule has 1 heterocycles. The Hall–Kier alpha value is -1.26. The molecule has 1 aliphatic rings. The van der Waals surface area contributed by atoms with E-state index in [-0.39, 0.29) is 5.96 Å². The van der Waals surface area contributed by atoms with Crippen molar-refractivity contribution in [2.24, 2.45) is 22.2 Å². The first-order valence-corrected chi connectivity index (χ1v) is 4.17. The molecule has 6 N–H and O–H groups in total. The fraction of sp³-hybridized carbons (Fsp3) is 0.714. The van der Waals surface area contributed by atoms with Crippen LogP contribution >= 0.6 is 0 Å². The maximum atomic E-state index is 5.64. The maximum absolute atomic E-state index is 5.64. The summed E-state index contributed by atoms with van der Waals surface area (Å²) in [6, 6.07) is 0. The maximum Gasteiger partial charge on any atom is 0.388 e. The fourth-order valence-electron chi connectivity index (χ4n) is 1.33. The van der Waals surface area contributed by atoms with Crippen molar-refractivity contribution >= 4 is 11.9 Å². The monoisotopic (exact) mass is 170 g/mol. The lowest BCUT2D eigenvalue weighted by Gasteiger charge is -2.13. The van der Waals surface area contributed by atoms with Gasteiger partial charge in [-0.25, -0.2) is 0 Å². The van der Waals surface area contributed by atoms with E-state index in [0.29, 0.717) is 5.96 Å². The SMILES string of the molecule is NC(N)=NC(N)=[N+]1CCCCC1. The van der Waals surface area contributed by atoms with E-state index in [4.69, 9.17) is 17.2 Å². The van der Waals surface area contributed by atoms with Crippen LogP contribution in [-0.2, 0) is 0 Å². The molecule has 1 aliphatic heterocycles. The quantitative estimate of drug-likeness (QED) is 0.241. The smallest absolute Gasteiger partial charge is 0.356 e. The molecule has 1 fully saturated rings. The van der Waals surface area contributed by atoms with Crippen molar-refractivity contribution in [3.8, 4) is 0 Å². The summed E-state index contributed by atoms with van der Waals surface area (Å²) in [4.78, 5) is 3.79. The van der Waals surface area contributed by atoms with Crippen molar-refractivity contribution in [2.45, 2.75) is 19.3 Å². The molecule has 0 spiro atoms. The number of hydrogen-bond donors (Lipinski definition) is 3. The molecule has 0 aromatic heterocycles. The topological polar surface area (TPSA) is 93.4 Å². The highest BCUT2D eigenvalue weighted by Gasteiger charge is 2.11. The summed E-state index contributed by atoms with van der Waals surface area (Å²) in [5.41, 5.74) is 16.0. The Balaban J connectivity index is 2.67. The summed E-state index contributed by atoms with van der Waals surface area (Å²) in [5, 5.41) is 0. The van der Waals surface area contributed by atoms with Crippen molar-refractivity contribution in [2.75, 3.05) is 13.1 Å². The summed E-state index contributed by atoms with van der Waals surface area (Å²) in [6.07, 6.45) is 3.60. The third kappa shape index (κ3) is 2.41. The Morgan fingerprint density at radius 1 is 1.00 bits per heavy atom. The van der Waals surface area contributed by atoms with Crippen LogP contribution in [-0.4, -0.2) is 29.6 Å². The van der Waals surface area contributed by atoms with Gasteiger partial charge in [0, 0.05) is 0 Å². The Morgan fingerprint density at radius 2 is 1.58 bits per heavy atom. The van der Waals surface area contributed by atoms with E-state index in [2.05, 4.69) is 4.99 Å². The molecule has 1 saturated heterocycles. The Morgan fingerprint density at radius 3 is 2.08 bits per heavy atom. The van der Waals surface area contributed by atoms with E-state index in [1.807, 2.05) is 4.58 Å². The van der Waals surface area contributed by atoms with Crippen LogP contribution < -0.4 is 17.2 Å². The highest BCUT2D eigenvalue weighted by atomic mass is 15.2. The number of guanidine groups is 2. The number of aliphatic imine (C=N–C) groups is 1. The second-order valence-corrected chi connectivity index (χ2v) is 2.94. The van der Waals surface area contributed by atoms with Crippen LogP contribution in [0.3, 0.4) is 0 Å². The molecule has 12 heavy (non-hydrogen) atoms. The third-order valence-electron chi connectivity index (χ3n) is 1.92. The Bertz CT molecular complexity index is 206. The van der Waals surface area contributed by atoms with Gasteiger partial charge in [-0.2, -0.15) is 0 Å². The standard InChI is InChI=1S/C7H15N5/c8-6(9)11-7(10)12-4-2-1-3-5-12/h1-5H2,(H5,8,9,10,11)/p+1. The molecule has 0 atom stereocenters. The van der Waals surface area contributed by atoms with Gasteiger partial charge in [0.25, 0.3) is 5.96 Å². The van der Waals surface area contributed by atoms with Crippen LogP contribution in [0.15, 0.2) is 4.99 Å². The van der Waals surface area contributed by atoms with Gasteiger partial charge in [0.1, 0.15) is 0 Å². The number of rotatable bonds is 0. The van der Waals surface area contributed by atoms with Crippen LogP contribution in [0.25, 0.3) is 0 Å². The lowest BCUT2D eigenvalue weighted by molar-refractivity contribution is -0.538. The predicted octanol–water partition coefficient (Wildman–Crippen LogP) is -1.23. The molecule has 0 radical (unpaired) electrons.